The zero-order valence-electron chi connectivity index (χ0n) is 15.7. The van der Waals surface area contributed by atoms with Gasteiger partial charge >= 0.3 is 6.03 Å². The van der Waals surface area contributed by atoms with Crippen LogP contribution in [0.5, 0.6) is 0 Å². The Morgan fingerprint density at radius 2 is 1.88 bits per heavy atom. The molecule has 0 bridgehead atoms. The van der Waals surface area contributed by atoms with Crippen LogP contribution < -0.4 is 16.0 Å². The molecular formula is C18H33N3O5. The van der Waals surface area contributed by atoms with E-state index in [4.69, 9.17) is 9.47 Å². The molecule has 2 rings (SSSR count). The number of hydrogen-bond acceptors (Lipinski definition) is 5. The van der Waals surface area contributed by atoms with Gasteiger partial charge in [-0.1, -0.05) is 19.3 Å². The number of hydrogen-bond donors (Lipinski definition) is 4. The molecule has 2 fully saturated rings. The maximum atomic E-state index is 12.2. The van der Waals surface area contributed by atoms with Crippen LogP contribution in [-0.4, -0.2) is 68.2 Å². The maximum Gasteiger partial charge on any atom is 0.315 e. The van der Waals surface area contributed by atoms with Crippen molar-refractivity contribution in [2.24, 2.45) is 0 Å². The first kappa shape index (κ1) is 20.9. The molecule has 26 heavy (non-hydrogen) atoms. The van der Waals surface area contributed by atoms with Crippen molar-refractivity contribution in [3.05, 3.63) is 0 Å². The summed E-state index contributed by atoms with van der Waals surface area (Å²) in [6, 6.07) is -0.194. The molecule has 8 nitrogen and oxygen atoms in total. The van der Waals surface area contributed by atoms with Gasteiger partial charge in [0.15, 0.2) is 0 Å². The van der Waals surface area contributed by atoms with Gasteiger partial charge in [-0.2, -0.15) is 0 Å². The Morgan fingerprint density at radius 1 is 1.12 bits per heavy atom. The fourth-order valence-corrected chi connectivity index (χ4v) is 3.66. The van der Waals surface area contributed by atoms with Crippen molar-refractivity contribution in [1.29, 1.82) is 0 Å². The van der Waals surface area contributed by atoms with Crippen LogP contribution in [0.1, 0.15) is 51.4 Å². The Hall–Kier alpha value is -1.38. The molecule has 1 saturated heterocycles. The minimum atomic E-state index is -0.488. The molecule has 0 radical (unpaired) electrons. The molecule has 0 unspecified atom stereocenters. The van der Waals surface area contributed by atoms with Crippen LogP contribution in [0.25, 0.3) is 0 Å². The first-order valence-corrected chi connectivity index (χ1v) is 9.71. The van der Waals surface area contributed by atoms with Gasteiger partial charge in [0.25, 0.3) is 0 Å². The Labute approximate surface area is 155 Å². The van der Waals surface area contributed by atoms with E-state index in [0.29, 0.717) is 26.0 Å². The highest BCUT2D eigenvalue weighted by molar-refractivity contribution is 5.76. The van der Waals surface area contributed by atoms with Crippen molar-refractivity contribution >= 4 is 11.9 Å². The Bertz CT molecular complexity index is 443. The minimum Gasteiger partial charge on any atom is -0.394 e. The van der Waals surface area contributed by atoms with Crippen LogP contribution in [0, 0.1) is 0 Å². The van der Waals surface area contributed by atoms with Crippen LogP contribution in [0.15, 0.2) is 0 Å². The zero-order valence-corrected chi connectivity index (χ0v) is 15.7. The van der Waals surface area contributed by atoms with Crippen molar-refractivity contribution < 1.29 is 24.2 Å². The number of nitrogens with one attached hydrogen (secondary N) is 3. The van der Waals surface area contributed by atoms with Gasteiger partial charge in [0.1, 0.15) is 6.10 Å². The van der Waals surface area contributed by atoms with Gasteiger partial charge in [-0.05, 0) is 25.7 Å². The number of methoxy groups -OCH3 is 1. The predicted molar refractivity (Wildman–Crippen MR) is 96.8 cm³/mol. The summed E-state index contributed by atoms with van der Waals surface area (Å²) in [7, 11) is 1.58. The summed E-state index contributed by atoms with van der Waals surface area (Å²) in [6.07, 6.45) is 6.48. The number of aliphatic hydroxyl groups is 1. The van der Waals surface area contributed by atoms with Gasteiger partial charge in [-0.3, -0.25) is 4.79 Å². The molecular weight excluding hydrogens is 338 g/mol. The molecule has 2 aliphatic rings. The highest BCUT2D eigenvalue weighted by atomic mass is 16.5. The molecule has 0 aromatic heterocycles. The van der Waals surface area contributed by atoms with Gasteiger partial charge in [0, 0.05) is 19.7 Å². The van der Waals surface area contributed by atoms with Crippen LogP contribution in [0.2, 0.25) is 0 Å². The average molecular weight is 371 g/mol. The summed E-state index contributed by atoms with van der Waals surface area (Å²) in [5, 5.41) is 18.3. The number of carbonyl (C=O) groups excluding carboxylic acids is 2. The largest absolute Gasteiger partial charge is 0.394 e. The summed E-state index contributed by atoms with van der Waals surface area (Å²) in [6.45, 7) is 0.756. The van der Waals surface area contributed by atoms with Gasteiger partial charge in [-0.15, -0.1) is 0 Å². The first-order chi connectivity index (χ1) is 12.6. The Morgan fingerprint density at radius 3 is 2.58 bits per heavy atom. The van der Waals surface area contributed by atoms with Crippen molar-refractivity contribution in [2.75, 3.05) is 26.9 Å². The van der Waals surface area contributed by atoms with Gasteiger partial charge in [-0.25, -0.2) is 4.79 Å². The third-order valence-corrected chi connectivity index (χ3v) is 5.09. The topological polar surface area (TPSA) is 109 Å². The lowest BCUT2D eigenvalue weighted by atomic mass is 9.95. The van der Waals surface area contributed by atoms with Gasteiger partial charge in [0.2, 0.25) is 5.91 Å². The van der Waals surface area contributed by atoms with Crippen LogP contribution in [-0.2, 0) is 14.3 Å². The minimum absolute atomic E-state index is 0.0924. The third kappa shape index (κ3) is 7.09. The molecule has 3 amide bonds. The van der Waals surface area contributed by atoms with Crippen molar-refractivity contribution in [3.8, 4) is 0 Å². The molecule has 1 aliphatic heterocycles. The molecule has 0 aromatic rings. The summed E-state index contributed by atoms with van der Waals surface area (Å²) < 4.78 is 10.7. The fraction of sp³-hybridized carbons (Fsp3) is 0.889. The molecule has 1 heterocycles. The van der Waals surface area contributed by atoms with Crippen molar-refractivity contribution in [1.82, 2.24) is 16.0 Å². The number of ether oxygens (including phenoxy) is 2. The van der Waals surface area contributed by atoms with Crippen molar-refractivity contribution in [2.45, 2.75) is 75.7 Å². The number of amides is 3. The average Bonchev–Trinajstić information content (AvgIpc) is 2.64. The summed E-state index contributed by atoms with van der Waals surface area (Å²) >= 11 is 0. The van der Waals surface area contributed by atoms with Crippen LogP contribution in [0.4, 0.5) is 4.79 Å². The number of urea groups is 1. The molecule has 0 spiro atoms. The Kier molecular flexibility index (Phi) is 9.14. The first-order valence-electron chi connectivity index (χ1n) is 9.71. The summed E-state index contributed by atoms with van der Waals surface area (Å²) in [5.41, 5.74) is 0. The second kappa shape index (κ2) is 11.4. The molecule has 4 N–H and O–H groups in total. The smallest absolute Gasteiger partial charge is 0.315 e. The van der Waals surface area contributed by atoms with E-state index in [2.05, 4.69) is 16.0 Å². The highest BCUT2D eigenvalue weighted by Crippen LogP contribution is 2.22. The molecule has 3 atom stereocenters. The highest BCUT2D eigenvalue weighted by Gasteiger charge is 2.33. The normalized spacial score (nSPS) is 26.9. The van der Waals surface area contributed by atoms with E-state index in [1.165, 1.54) is 6.42 Å². The lowest BCUT2D eigenvalue weighted by Gasteiger charge is -2.36. The van der Waals surface area contributed by atoms with E-state index in [1.807, 2.05) is 0 Å². The molecule has 0 aromatic carbocycles. The summed E-state index contributed by atoms with van der Waals surface area (Å²) in [4.78, 5) is 24.1. The predicted octanol–water partition coefficient (Wildman–Crippen LogP) is 0.680. The van der Waals surface area contributed by atoms with Crippen molar-refractivity contribution in [3.63, 3.8) is 0 Å². The van der Waals surface area contributed by atoms with E-state index in [9.17, 15) is 14.7 Å². The number of carbonyl (C=O) groups is 2. The lowest BCUT2D eigenvalue weighted by Crippen LogP contribution is -2.55. The van der Waals surface area contributed by atoms with E-state index >= 15 is 0 Å². The lowest BCUT2D eigenvalue weighted by molar-refractivity contribution is -0.130. The molecule has 1 aliphatic carbocycles. The maximum absolute atomic E-state index is 12.2. The second-order valence-electron chi connectivity index (χ2n) is 7.16. The molecule has 1 saturated carbocycles. The monoisotopic (exact) mass is 371 g/mol. The quantitative estimate of drug-likeness (QED) is 0.469. The van der Waals surface area contributed by atoms with Crippen LogP contribution >= 0.6 is 0 Å². The van der Waals surface area contributed by atoms with E-state index in [1.54, 1.807) is 7.11 Å². The van der Waals surface area contributed by atoms with E-state index in [-0.39, 0.29) is 43.2 Å². The fourth-order valence-electron chi connectivity index (χ4n) is 3.66. The van der Waals surface area contributed by atoms with Crippen LogP contribution in [0.3, 0.4) is 0 Å². The number of rotatable bonds is 8. The summed E-state index contributed by atoms with van der Waals surface area (Å²) in [5.74, 6) is -0.0924. The molecule has 150 valence electrons. The second-order valence-corrected chi connectivity index (χ2v) is 7.16. The van der Waals surface area contributed by atoms with Gasteiger partial charge in [0.05, 0.1) is 31.8 Å². The van der Waals surface area contributed by atoms with E-state index < -0.39 is 6.10 Å². The van der Waals surface area contributed by atoms with E-state index in [0.717, 1.165) is 25.7 Å². The zero-order chi connectivity index (χ0) is 18.8. The third-order valence-electron chi connectivity index (χ3n) is 5.09. The molecule has 8 heteroatoms. The number of aliphatic hydroxyl groups excluding tert-OH is 1. The SMILES string of the molecule is COCCNC(=O)C[C@H]1CC[C@H](NC(=O)NC2CCCCC2)[C@H](CO)O1. The standard InChI is InChI=1S/C18H33N3O5/c1-25-10-9-19-17(23)11-14-7-8-15(16(12-22)26-14)21-18(24)20-13-5-3-2-4-6-13/h13-16,22H,2-12H2,1H3,(H,19,23)(H2,20,21,24)/t14-,15+,16+/m1/s1. The Balaban J connectivity index is 1.72. The van der Waals surface area contributed by atoms with Gasteiger partial charge < -0.3 is 30.5 Å².